The van der Waals surface area contributed by atoms with Gasteiger partial charge in [-0.2, -0.15) is 0 Å². The van der Waals surface area contributed by atoms with Gasteiger partial charge in [-0.1, -0.05) is 65.1 Å². The zero-order valence-corrected chi connectivity index (χ0v) is 19.5. The van der Waals surface area contributed by atoms with Crippen molar-refractivity contribution < 1.29 is 19.1 Å². The Morgan fingerprint density at radius 1 is 0.818 bits per heavy atom. The average molecular weight is 506 g/mol. The molecular formula is C24H19Cl3N2O4. The molecule has 2 N–H and O–H groups in total. The number of ether oxygens (including phenoxy) is 1. The summed E-state index contributed by atoms with van der Waals surface area (Å²) in [6.07, 6.45) is 0. The Bertz CT molecular complexity index is 1140. The summed E-state index contributed by atoms with van der Waals surface area (Å²) < 4.78 is 5.39. The maximum atomic E-state index is 12.5. The highest BCUT2D eigenvalue weighted by atomic mass is 35.5. The highest BCUT2D eigenvalue weighted by Crippen LogP contribution is 2.23. The van der Waals surface area contributed by atoms with Crippen LogP contribution in [0.4, 0.5) is 0 Å². The lowest BCUT2D eigenvalue weighted by Gasteiger charge is -2.19. The van der Waals surface area contributed by atoms with Crippen molar-refractivity contribution in [1.29, 1.82) is 0 Å². The van der Waals surface area contributed by atoms with Crippen molar-refractivity contribution in [2.24, 2.45) is 0 Å². The fourth-order valence-electron chi connectivity index (χ4n) is 2.88. The van der Waals surface area contributed by atoms with Gasteiger partial charge >= 0.3 is 5.97 Å². The highest BCUT2D eigenvalue weighted by molar-refractivity contribution is 6.42. The number of hydrogen-bond acceptors (Lipinski definition) is 4. The maximum absolute atomic E-state index is 12.5. The fraction of sp³-hybridized carbons (Fsp3) is 0.125. The van der Waals surface area contributed by atoms with Crippen molar-refractivity contribution in [3.8, 4) is 0 Å². The third-order valence-corrected chi connectivity index (χ3v) is 5.58. The summed E-state index contributed by atoms with van der Waals surface area (Å²) in [6.45, 7) is -0.383. The first kappa shape index (κ1) is 24.6. The van der Waals surface area contributed by atoms with E-state index in [4.69, 9.17) is 39.5 Å². The smallest absolute Gasteiger partial charge is 0.338 e. The number of carbonyl (C=O) groups is 3. The van der Waals surface area contributed by atoms with Gasteiger partial charge in [0, 0.05) is 10.6 Å². The standard InChI is InChI=1S/C24H19Cl3N2O4/c25-18-9-6-16(7-10-18)23(31)28-13-22(30)29-21(15-4-2-1-3-5-15)14-33-24(32)17-8-11-19(26)20(27)12-17/h1-12,21H,13-14H2,(H,28,31)(H,29,30)/t21-/m0/s1. The van der Waals surface area contributed by atoms with Crippen LogP contribution in [0.5, 0.6) is 0 Å². The summed E-state index contributed by atoms with van der Waals surface area (Å²) in [5.74, 6) is -1.47. The van der Waals surface area contributed by atoms with E-state index in [1.165, 1.54) is 18.2 Å². The predicted molar refractivity (Wildman–Crippen MR) is 128 cm³/mol. The van der Waals surface area contributed by atoms with Crippen LogP contribution in [0, 0.1) is 0 Å². The Hall–Kier alpha value is -3.06. The lowest BCUT2D eigenvalue weighted by molar-refractivity contribution is -0.121. The summed E-state index contributed by atoms with van der Waals surface area (Å²) in [7, 11) is 0. The van der Waals surface area contributed by atoms with Gasteiger partial charge in [0.1, 0.15) is 6.61 Å². The van der Waals surface area contributed by atoms with E-state index in [0.717, 1.165) is 5.56 Å². The van der Waals surface area contributed by atoms with Crippen LogP contribution in [0.15, 0.2) is 72.8 Å². The minimum absolute atomic E-state index is 0.125. The number of esters is 1. The Kier molecular flexibility index (Phi) is 8.72. The molecule has 33 heavy (non-hydrogen) atoms. The van der Waals surface area contributed by atoms with Gasteiger partial charge in [0.05, 0.1) is 28.2 Å². The molecule has 0 aliphatic heterocycles. The molecule has 3 rings (SSSR count). The first-order valence-electron chi connectivity index (χ1n) is 9.83. The van der Waals surface area contributed by atoms with Crippen LogP contribution in [0.25, 0.3) is 0 Å². The van der Waals surface area contributed by atoms with E-state index in [1.54, 1.807) is 48.5 Å². The molecule has 3 aromatic carbocycles. The van der Waals surface area contributed by atoms with Gasteiger partial charge in [-0.15, -0.1) is 0 Å². The number of hydrogen-bond donors (Lipinski definition) is 2. The summed E-state index contributed by atoms with van der Waals surface area (Å²) in [5.41, 5.74) is 1.34. The first-order valence-corrected chi connectivity index (χ1v) is 11.0. The number of rotatable bonds is 8. The molecule has 0 bridgehead atoms. The van der Waals surface area contributed by atoms with Crippen LogP contribution in [0.2, 0.25) is 15.1 Å². The maximum Gasteiger partial charge on any atom is 0.338 e. The van der Waals surface area contributed by atoms with Crippen LogP contribution in [0.1, 0.15) is 32.3 Å². The van der Waals surface area contributed by atoms with Gasteiger partial charge in [-0.25, -0.2) is 4.79 Å². The molecule has 2 amide bonds. The van der Waals surface area contributed by atoms with E-state index in [9.17, 15) is 14.4 Å². The third kappa shape index (κ3) is 7.22. The molecule has 3 aromatic rings. The Labute approximate surface area is 205 Å². The van der Waals surface area contributed by atoms with Crippen molar-refractivity contribution in [3.05, 3.63) is 105 Å². The molecule has 0 saturated heterocycles. The van der Waals surface area contributed by atoms with E-state index in [-0.39, 0.29) is 23.7 Å². The molecule has 0 saturated carbocycles. The number of benzene rings is 3. The van der Waals surface area contributed by atoms with Crippen LogP contribution in [-0.2, 0) is 9.53 Å². The minimum Gasteiger partial charge on any atom is -0.460 e. The Morgan fingerprint density at radius 2 is 1.48 bits per heavy atom. The SMILES string of the molecule is O=C(CNC(=O)c1ccc(Cl)cc1)N[C@@H](COC(=O)c1ccc(Cl)c(Cl)c1)c1ccccc1. The minimum atomic E-state index is -0.627. The van der Waals surface area contributed by atoms with Gasteiger partial charge in [-0.3, -0.25) is 9.59 Å². The summed E-state index contributed by atoms with van der Waals surface area (Å²) >= 11 is 17.7. The van der Waals surface area contributed by atoms with Crippen LogP contribution >= 0.6 is 34.8 Å². The molecule has 9 heteroatoms. The van der Waals surface area contributed by atoms with E-state index in [1.807, 2.05) is 6.07 Å². The quantitative estimate of drug-likeness (QED) is 0.418. The Balaban J connectivity index is 1.61. The third-order valence-electron chi connectivity index (χ3n) is 4.59. The van der Waals surface area contributed by atoms with E-state index in [0.29, 0.717) is 15.6 Å². The zero-order chi connectivity index (χ0) is 23.8. The van der Waals surface area contributed by atoms with Crippen LogP contribution in [0.3, 0.4) is 0 Å². The molecule has 170 valence electrons. The summed E-state index contributed by atoms with van der Waals surface area (Å²) in [6, 6.07) is 19.1. The van der Waals surface area contributed by atoms with E-state index >= 15 is 0 Å². The van der Waals surface area contributed by atoms with Crippen molar-refractivity contribution in [1.82, 2.24) is 10.6 Å². The van der Waals surface area contributed by atoms with Gasteiger partial charge in [0.2, 0.25) is 5.91 Å². The molecule has 0 heterocycles. The molecule has 0 radical (unpaired) electrons. The van der Waals surface area contributed by atoms with Gasteiger partial charge in [0.15, 0.2) is 0 Å². The zero-order valence-electron chi connectivity index (χ0n) is 17.2. The second-order valence-corrected chi connectivity index (χ2v) is 8.20. The summed E-state index contributed by atoms with van der Waals surface area (Å²) in [4.78, 5) is 37.1. The molecular weight excluding hydrogens is 487 g/mol. The lowest BCUT2D eigenvalue weighted by atomic mass is 10.1. The molecule has 0 aliphatic carbocycles. The monoisotopic (exact) mass is 504 g/mol. The van der Waals surface area contributed by atoms with Crippen LogP contribution < -0.4 is 10.6 Å². The molecule has 1 atom stereocenters. The van der Waals surface area contributed by atoms with Gasteiger partial charge in [0.25, 0.3) is 5.91 Å². The van der Waals surface area contributed by atoms with Crippen LogP contribution in [-0.4, -0.2) is 30.9 Å². The fourth-order valence-corrected chi connectivity index (χ4v) is 3.31. The molecule has 0 unspecified atom stereocenters. The van der Waals surface area contributed by atoms with Crippen molar-refractivity contribution in [3.63, 3.8) is 0 Å². The second kappa shape index (κ2) is 11.7. The topological polar surface area (TPSA) is 84.5 Å². The number of amides is 2. The predicted octanol–water partition coefficient (Wildman–Crippen LogP) is 5.09. The van der Waals surface area contributed by atoms with E-state index in [2.05, 4.69) is 10.6 Å². The molecule has 0 fully saturated rings. The molecule has 0 spiro atoms. The lowest BCUT2D eigenvalue weighted by Crippen LogP contribution is -2.40. The molecule has 0 aromatic heterocycles. The Morgan fingerprint density at radius 3 is 2.15 bits per heavy atom. The highest BCUT2D eigenvalue weighted by Gasteiger charge is 2.19. The second-order valence-electron chi connectivity index (χ2n) is 6.95. The largest absolute Gasteiger partial charge is 0.460 e. The number of nitrogens with one attached hydrogen (secondary N) is 2. The molecule has 0 aliphatic rings. The van der Waals surface area contributed by atoms with Crippen molar-refractivity contribution >= 4 is 52.6 Å². The summed E-state index contributed by atoms with van der Waals surface area (Å²) in [5, 5.41) is 6.39. The van der Waals surface area contributed by atoms with Crippen molar-refractivity contribution in [2.45, 2.75) is 6.04 Å². The first-order chi connectivity index (χ1) is 15.8. The van der Waals surface area contributed by atoms with Gasteiger partial charge in [-0.05, 0) is 48.0 Å². The molecule has 6 nitrogen and oxygen atoms in total. The number of halogens is 3. The van der Waals surface area contributed by atoms with E-state index < -0.39 is 23.8 Å². The van der Waals surface area contributed by atoms with Crippen molar-refractivity contribution in [2.75, 3.05) is 13.2 Å². The number of carbonyl (C=O) groups excluding carboxylic acids is 3. The normalized spacial score (nSPS) is 11.4. The van der Waals surface area contributed by atoms with Gasteiger partial charge < -0.3 is 15.4 Å². The average Bonchev–Trinajstić information content (AvgIpc) is 2.82.